The first-order valence-electron chi connectivity index (χ1n) is 7.25. The maximum Gasteiger partial charge on any atom is 0.614 e. The smallest absolute Gasteiger partial charge is 0.179 e. The van der Waals surface area contributed by atoms with Gasteiger partial charge in [-0.1, -0.05) is 0 Å². The van der Waals surface area contributed by atoms with Gasteiger partial charge in [0.15, 0.2) is 0 Å². The lowest BCUT2D eigenvalue weighted by atomic mass is 10.8. The Bertz CT molecular complexity index is 326. The molecule has 17 heavy (non-hydrogen) atoms. The van der Waals surface area contributed by atoms with Crippen molar-refractivity contribution < 1.29 is 17.3 Å². The van der Waals surface area contributed by atoms with Crippen LogP contribution in [0.15, 0.2) is 0 Å². The normalized spacial score (nSPS) is 31.0. The molecule has 0 N–H and O–H groups in total. The van der Waals surface area contributed by atoms with Gasteiger partial charge in [0.1, 0.15) is 39.3 Å². The van der Waals surface area contributed by atoms with E-state index in [4.69, 9.17) is 0 Å². The van der Waals surface area contributed by atoms with Gasteiger partial charge in [-0.05, 0) is 20.8 Å². The zero-order valence-corrected chi connectivity index (χ0v) is 12.5. The van der Waals surface area contributed by atoms with E-state index in [-0.39, 0.29) is 0 Å². The molecule has 5 heteroatoms. The van der Waals surface area contributed by atoms with E-state index in [1.165, 1.54) is 39.3 Å². The highest BCUT2D eigenvalue weighted by atomic mass is 31.2. The highest BCUT2D eigenvalue weighted by molar-refractivity contribution is 7.46. The molecular formula is C12H27N3OP+3. The van der Waals surface area contributed by atoms with E-state index in [0.29, 0.717) is 0 Å². The maximum atomic E-state index is 14.1. The van der Waals surface area contributed by atoms with Gasteiger partial charge in [0.25, 0.3) is 0 Å². The summed E-state index contributed by atoms with van der Waals surface area (Å²) >= 11 is 0. The van der Waals surface area contributed by atoms with Crippen molar-refractivity contribution in [1.29, 1.82) is 0 Å². The fourth-order valence-electron chi connectivity index (χ4n) is 3.84. The Balaban J connectivity index is 2.06. The Hall–Kier alpha value is 0.110. The second-order valence-electron chi connectivity index (χ2n) is 6.09. The third-order valence-corrected chi connectivity index (χ3v) is 11.0. The fraction of sp³-hybridized carbons (Fsp3) is 1.00. The molecule has 3 fully saturated rings. The van der Waals surface area contributed by atoms with E-state index < -0.39 is 7.59 Å². The lowest BCUT2D eigenvalue weighted by Gasteiger charge is -2.35. The molecule has 3 rings (SSSR count). The van der Waals surface area contributed by atoms with Gasteiger partial charge in [0.2, 0.25) is 0 Å². The van der Waals surface area contributed by atoms with Gasteiger partial charge in [-0.2, -0.15) is 17.3 Å². The fourth-order valence-corrected chi connectivity index (χ4v) is 9.19. The molecule has 0 bridgehead atoms. The van der Waals surface area contributed by atoms with Crippen molar-refractivity contribution in [1.82, 2.24) is 0 Å². The zero-order chi connectivity index (χ0) is 12.4. The average molecular weight is 260 g/mol. The van der Waals surface area contributed by atoms with Crippen molar-refractivity contribution in [2.45, 2.75) is 20.8 Å². The largest absolute Gasteiger partial charge is 0.614 e. The van der Waals surface area contributed by atoms with Crippen LogP contribution in [0.1, 0.15) is 20.8 Å². The molecule has 3 heterocycles. The van der Waals surface area contributed by atoms with Crippen molar-refractivity contribution >= 4 is 7.59 Å². The number of nitrogens with zero attached hydrogens (tertiary/aromatic N) is 3. The SMILES string of the molecule is CC[N+]1(P(=O)([N+]2(CC)CC2)[N+]2(CC)CC2)CC1. The van der Waals surface area contributed by atoms with Crippen molar-refractivity contribution in [2.75, 3.05) is 58.9 Å². The predicted octanol–water partition coefficient (Wildman–Crippen LogP) is 1.65. The van der Waals surface area contributed by atoms with Crippen molar-refractivity contribution in [3.63, 3.8) is 0 Å². The topological polar surface area (TPSA) is 17.1 Å². The summed E-state index contributed by atoms with van der Waals surface area (Å²) in [6.45, 7) is 17.0. The minimum atomic E-state index is -2.18. The molecule has 98 valence electrons. The molecule has 0 aromatic rings. The first-order chi connectivity index (χ1) is 8.05. The van der Waals surface area contributed by atoms with E-state index in [0.717, 1.165) is 32.4 Å². The Morgan fingerprint density at radius 1 is 0.706 bits per heavy atom. The van der Waals surface area contributed by atoms with Gasteiger partial charge in [-0.15, -0.1) is 0 Å². The molecule has 3 saturated heterocycles. The highest BCUT2D eigenvalue weighted by Crippen LogP contribution is 2.78. The van der Waals surface area contributed by atoms with Crippen LogP contribution in [0.4, 0.5) is 0 Å². The molecule has 0 aromatic heterocycles. The summed E-state index contributed by atoms with van der Waals surface area (Å²) in [6.07, 6.45) is 0. The molecule has 0 spiro atoms. The summed E-state index contributed by atoms with van der Waals surface area (Å²) in [4.78, 5) is 0. The molecule has 4 nitrogen and oxygen atoms in total. The van der Waals surface area contributed by atoms with E-state index in [1.54, 1.807) is 0 Å². The van der Waals surface area contributed by atoms with Crippen molar-refractivity contribution in [3.05, 3.63) is 0 Å². The molecule has 0 aromatic carbocycles. The lowest BCUT2D eigenvalue weighted by molar-refractivity contribution is -0.873. The van der Waals surface area contributed by atoms with Crippen LogP contribution < -0.4 is 0 Å². The summed E-state index contributed by atoms with van der Waals surface area (Å²) < 4.78 is 17.0. The number of likely N-dealkylation sites (N-methyl/N-ethyl adjacent to an activating group) is 3. The molecule has 0 amide bonds. The van der Waals surface area contributed by atoms with Crippen LogP contribution in [0.25, 0.3) is 0 Å². The standard InChI is InChI=1S/C12H27N3OP/c1-4-13(7-8-13)17(16,14(5-2)9-10-14)15(6-3)11-12-15/h4-12H2,1-3H3/q+3. The monoisotopic (exact) mass is 260 g/mol. The van der Waals surface area contributed by atoms with Gasteiger partial charge in [0, 0.05) is 0 Å². The first-order valence-corrected chi connectivity index (χ1v) is 8.82. The Morgan fingerprint density at radius 3 is 1.06 bits per heavy atom. The molecule has 3 aliphatic heterocycles. The second kappa shape index (κ2) is 3.36. The third kappa shape index (κ3) is 1.23. The van der Waals surface area contributed by atoms with Crippen LogP contribution >= 0.6 is 7.59 Å². The first kappa shape index (κ1) is 12.2. The van der Waals surface area contributed by atoms with E-state index in [1.807, 2.05) is 0 Å². The molecule has 0 atom stereocenters. The van der Waals surface area contributed by atoms with Crippen LogP contribution in [0.3, 0.4) is 0 Å². The zero-order valence-electron chi connectivity index (χ0n) is 11.6. The van der Waals surface area contributed by atoms with Gasteiger partial charge in [-0.25, -0.2) is 0 Å². The summed E-state index contributed by atoms with van der Waals surface area (Å²) in [5.74, 6) is 0. The minimum absolute atomic E-state index is 0.967. The Kier molecular flexibility index (Phi) is 2.40. The lowest BCUT2D eigenvalue weighted by Crippen LogP contribution is -2.45. The number of rotatable bonds is 6. The molecule has 0 saturated carbocycles. The molecule has 0 aliphatic carbocycles. The summed E-state index contributed by atoms with van der Waals surface area (Å²) in [7, 11) is -2.18. The van der Waals surface area contributed by atoms with Crippen LogP contribution in [0, 0.1) is 0 Å². The van der Waals surface area contributed by atoms with Gasteiger partial charge < -0.3 is 0 Å². The highest BCUT2D eigenvalue weighted by Gasteiger charge is 2.86. The van der Waals surface area contributed by atoms with Crippen LogP contribution in [-0.2, 0) is 4.57 Å². The third-order valence-electron chi connectivity index (χ3n) is 5.64. The molecule has 3 aliphatic rings. The molecule has 0 unspecified atom stereocenters. The predicted molar refractivity (Wildman–Crippen MR) is 69.2 cm³/mol. The summed E-state index contributed by atoms with van der Waals surface area (Å²) in [6, 6.07) is 0. The van der Waals surface area contributed by atoms with Crippen LogP contribution in [0.2, 0.25) is 0 Å². The quantitative estimate of drug-likeness (QED) is 0.524. The minimum Gasteiger partial charge on any atom is -0.179 e. The molecule has 0 radical (unpaired) electrons. The number of hydrogen-bond acceptors (Lipinski definition) is 1. The summed E-state index contributed by atoms with van der Waals surface area (Å²) in [5.41, 5.74) is 0. The maximum absolute atomic E-state index is 14.1. The van der Waals surface area contributed by atoms with Crippen molar-refractivity contribution in [3.8, 4) is 0 Å². The van der Waals surface area contributed by atoms with Gasteiger partial charge >= 0.3 is 7.59 Å². The van der Waals surface area contributed by atoms with Gasteiger partial charge in [0.05, 0.1) is 19.6 Å². The second-order valence-corrected chi connectivity index (χ2v) is 9.66. The van der Waals surface area contributed by atoms with E-state index in [9.17, 15) is 4.57 Å². The van der Waals surface area contributed by atoms with E-state index in [2.05, 4.69) is 20.8 Å². The molecular weight excluding hydrogens is 233 g/mol. The number of hydrogen-bond donors (Lipinski definition) is 0. The van der Waals surface area contributed by atoms with Gasteiger partial charge in [-0.3, -0.25) is 0 Å². The van der Waals surface area contributed by atoms with Crippen molar-refractivity contribution in [2.24, 2.45) is 0 Å². The van der Waals surface area contributed by atoms with Crippen LogP contribution in [-0.4, -0.2) is 71.7 Å². The number of quaternary nitrogens is 3. The summed E-state index contributed by atoms with van der Waals surface area (Å²) in [5, 5.41) is 0. The Labute approximate surface area is 105 Å². The van der Waals surface area contributed by atoms with E-state index >= 15 is 0 Å². The Morgan fingerprint density at radius 2 is 0.941 bits per heavy atom. The average Bonchev–Trinajstić information content (AvgIpc) is 3.27. The van der Waals surface area contributed by atoms with Crippen LogP contribution in [0.5, 0.6) is 0 Å².